The summed E-state index contributed by atoms with van der Waals surface area (Å²) < 4.78 is 0. The summed E-state index contributed by atoms with van der Waals surface area (Å²) >= 11 is 0. The van der Waals surface area contributed by atoms with Gasteiger partial charge in [-0.1, -0.05) is 19.8 Å². The van der Waals surface area contributed by atoms with Crippen LogP contribution >= 0.6 is 0 Å². The Morgan fingerprint density at radius 3 is 2.86 bits per heavy atom. The Kier molecular flexibility index (Phi) is 2.74. The van der Waals surface area contributed by atoms with Gasteiger partial charge in [0.2, 0.25) is 0 Å². The van der Waals surface area contributed by atoms with Crippen LogP contribution in [0, 0.1) is 17.0 Å². The zero-order valence-corrected chi connectivity index (χ0v) is 8.58. The number of amides is 1. The highest BCUT2D eigenvalue weighted by atomic mass is 16.5. The summed E-state index contributed by atoms with van der Waals surface area (Å²) in [6, 6.07) is 0. The van der Waals surface area contributed by atoms with E-state index in [-0.39, 0.29) is 23.7 Å². The molecule has 0 bridgehead atoms. The molecule has 1 saturated carbocycles. The van der Waals surface area contributed by atoms with Crippen molar-refractivity contribution in [2.45, 2.75) is 38.8 Å². The quantitative estimate of drug-likeness (QED) is 0.566. The van der Waals surface area contributed by atoms with Crippen LogP contribution in [0.4, 0.5) is 0 Å². The second kappa shape index (κ2) is 3.87. The van der Waals surface area contributed by atoms with Crippen LogP contribution in [-0.2, 0) is 4.79 Å². The van der Waals surface area contributed by atoms with Gasteiger partial charge in [0.1, 0.15) is 0 Å². The molecule has 4 unspecified atom stereocenters. The molecule has 4 heteroatoms. The minimum Gasteiger partial charge on any atom is -0.632 e. The molecule has 1 heterocycles. The van der Waals surface area contributed by atoms with E-state index in [4.69, 9.17) is 0 Å². The highest BCUT2D eigenvalue weighted by Gasteiger charge is 2.37. The molecule has 1 aliphatic heterocycles. The first-order chi connectivity index (χ1) is 6.66. The maximum atomic E-state index is 11.5. The molecule has 1 saturated heterocycles. The second-order valence-corrected chi connectivity index (χ2v) is 4.72. The van der Waals surface area contributed by atoms with E-state index in [1.54, 1.807) is 0 Å². The summed E-state index contributed by atoms with van der Waals surface area (Å²) in [6.45, 7) is 2.34. The first-order valence-electron chi connectivity index (χ1n) is 5.49. The molecule has 4 atom stereocenters. The highest BCUT2D eigenvalue weighted by molar-refractivity contribution is 5.78. The van der Waals surface area contributed by atoms with Crippen LogP contribution in [0.5, 0.6) is 0 Å². The molecule has 2 fully saturated rings. The van der Waals surface area contributed by atoms with Crippen LogP contribution in [0.2, 0.25) is 0 Å². The van der Waals surface area contributed by atoms with Crippen LogP contribution in [0.25, 0.3) is 0 Å². The van der Waals surface area contributed by atoms with Crippen molar-refractivity contribution >= 4 is 5.91 Å². The molecular weight excluding hydrogens is 180 g/mol. The number of hydrogen-bond acceptors (Lipinski definition) is 2. The van der Waals surface area contributed by atoms with Gasteiger partial charge in [-0.25, -0.2) is 0 Å². The van der Waals surface area contributed by atoms with Crippen molar-refractivity contribution in [1.82, 2.24) is 5.32 Å². The Balaban J connectivity index is 1.96. The van der Waals surface area contributed by atoms with Gasteiger partial charge >= 0.3 is 0 Å². The lowest BCUT2D eigenvalue weighted by Crippen LogP contribution is -3.11. The zero-order valence-electron chi connectivity index (χ0n) is 8.58. The van der Waals surface area contributed by atoms with Crippen LogP contribution in [0.15, 0.2) is 0 Å². The van der Waals surface area contributed by atoms with Gasteiger partial charge in [0.05, 0.1) is 0 Å². The van der Waals surface area contributed by atoms with E-state index in [1.165, 1.54) is 12.8 Å². The summed E-state index contributed by atoms with van der Waals surface area (Å²) in [5, 5.41) is 14.4. The lowest BCUT2D eigenvalue weighted by atomic mass is 9.81. The lowest BCUT2D eigenvalue weighted by molar-refractivity contribution is -0.864. The molecule has 2 rings (SSSR count). The third-order valence-corrected chi connectivity index (χ3v) is 3.45. The number of carbonyl (C=O) groups is 1. The summed E-state index contributed by atoms with van der Waals surface area (Å²) in [4.78, 5) is 11.1. The van der Waals surface area contributed by atoms with Gasteiger partial charge in [-0.3, -0.25) is 4.79 Å². The van der Waals surface area contributed by atoms with Crippen molar-refractivity contribution in [2.75, 3.05) is 6.54 Å². The minimum absolute atomic E-state index is 0.0850. The van der Waals surface area contributed by atoms with Crippen molar-refractivity contribution in [3.63, 3.8) is 0 Å². The first-order valence-corrected chi connectivity index (χ1v) is 5.49. The molecule has 0 aromatic heterocycles. The summed E-state index contributed by atoms with van der Waals surface area (Å²) in [6.07, 6.45) is 4.50. The lowest BCUT2D eigenvalue weighted by Gasteiger charge is -2.34. The molecule has 0 radical (unpaired) electrons. The molecule has 2 N–H and O–H groups in total. The number of quaternary nitrogens is 1. The average Bonchev–Trinajstić information content (AvgIpc) is 2.45. The van der Waals surface area contributed by atoms with Crippen molar-refractivity contribution < 1.29 is 9.86 Å². The van der Waals surface area contributed by atoms with Gasteiger partial charge in [0.15, 0.2) is 12.7 Å². The molecular formula is C10H18N2O2. The van der Waals surface area contributed by atoms with E-state index < -0.39 is 0 Å². The maximum absolute atomic E-state index is 11.5. The smallest absolute Gasteiger partial charge is 0.280 e. The maximum Gasteiger partial charge on any atom is 0.280 e. The van der Waals surface area contributed by atoms with Gasteiger partial charge in [-0.15, -0.1) is 0 Å². The molecule has 14 heavy (non-hydrogen) atoms. The van der Waals surface area contributed by atoms with Gasteiger partial charge in [0, 0.05) is 5.92 Å². The monoisotopic (exact) mass is 198 g/mol. The van der Waals surface area contributed by atoms with Crippen LogP contribution in [-0.4, -0.2) is 18.6 Å². The van der Waals surface area contributed by atoms with Crippen molar-refractivity contribution in [2.24, 2.45) is 11.8 Å². The van der Waals surface area contributed by atoms with Gasteiger partial charge in [0.25, 0.3) is 5.91 Å². The van der Waals surface area contributed by atoms with E-state index in [0.29, 0.717) is 11.8 Å². The minimum atomic E-state index is -0.162. The molecule has 2 aliphatic rings. The van der Waals surface area contributed by atoms with E-state index >= 15 is 0 Å². The third kappa shape index (κ3) is 1.91. The standard InChI is InChI=1S/C10H18N2O2/c1-7-3-2-4-8(5-7)10-11-9(13)6-12(10)14/h7-8,10,12H,2-6H2,1H3,(H,11,13). The predicted molar refractivity (Wildman–Crippen MR) is 52.2 cm³/mol. The number of carbonyl (C=O) groups excluding carboxylic acids is 1. The molecule has 1 aliphatic carbocycles. The number of nitrogens with one attached hydrogen (secondary N) is 2. The molecule has 1 amide bonds. The number of hydroxylamine groups is 2. The highest BCUT2D eigenvalue weighted by Crippen LogP contribution is 2.29. The fourth-order valence-corrected chi connectivity index (χ4v) is 2.74. The van der Waals surface area contributed by atoms with Crippen LogP contribution in [0.3, 0.4) is 0 Å². The van der Waals surface area contributed by atoms with E-state index in [9.17, 15) is 10.0 Å². The van der Waals surface area contributed by atoms with E-state index in [0.717, 1.165) is 12.8 Å². The summed E-state index contributed by atoms with van der Waals surface area (Å²) in [5.74, 6) is 1.02. The normalized spacial score (nSPS) is 43.7. The number of hydrogen-bond donors (Lipinski definition) is 2. The Morgan fingerprint density at radius 2 is 2.29 bits per heavy atom. The van der Waals surface area contributed by atoms with Crippen molar-refractivity contribution in [1.29, 1.82) is 0 Å². The first kappa shape index (κ1) is 9.93. The summed E-state index contributed by atoms with van der Waals surface area (Å²) in [5.41, 5.74) is 0. The molecule has 80 valence electrons. The van der Waals surface area contributed by atoms with Gasteiger partial charge < -0.3 is 15.6 Å². The molecule has 4 nitrogen and oxygen atoms in total. The fraction of sp³-hybridized carbons (Fsp3) is 0.900. The van der Waals surface area contributed by atoms with Crippen molar-refractivity contribution in [3.05, 3.63) is 5.21 Å². The average molecular weight is 198 g/mol. The number of rotatable bonds is 1. The van der Waals surface area contributed by atoms with Gasteiger partial charge in [-0.05, 0) is 18.8 Å². The molecule has 0 aromatic carbocycles. The second-order valence-electron chi connectivity index (χ2n) is 4.72. The van der Waals surface area contributed by atoms with Gasteiger partial charge in [-0.2, -0.15) is 0 Å². The van der Waals surface area contributed by atoms with Crippen LogP contribution in [0.1, 0.15) is 32.6 Å². The summed E-state index contributed by atoms with van der Waals surface area (Å²) in [7, 11) is 0. The van der Waals surface area contributed by atoms with Crippen LogP contribution < -0.4 is 10.4 Å². The fourth-order valence-electron chi connectivity index (χ4n) is 2.74. The zero-order chi connectivity index (χ0) is 10.1. The Bertz CT molecular complexity index is 232. The Morgan fingerprint density at radius 1 is 1.50 bits per heavy atom. The molecule has 0 aromatic rings. The SMILES string of the molecule is CC1CCCC(C2NC(=O)C[NH+]2[O-])C1. The predicted octanol–water partition coefficient (Wildman–Crippen LogP) is -0.349. The topological polar surface area (TPSA) is 56.6 Å². The Hall–Kier alpha value is -0.610. The molecule has 0 spiro atoms. The van der Waals surface area contributed by atoms with E-state index in [1.807, 2.05) is 0 Å². The van der Waals surface area contributed by atoms with E-state index in [2.05, 4.69) is 12.2 Å². The Labute approximate surface area is 84.2 Å². The largest absolute Gasteiger partial charge is 0.632 e. The van der Waals surface area contributed by atoms with Crippen molar-refractivity contribution in [3.8, 4) is 0 Å². The third-order valence-electron chi connectivity index (χ3n) is 3.45.